The van der Waals surface area contributed by atoms with Gasteiger partial charge in [0, 0.05) is 25.2 Å². The molecular formula is C13H17BrN2O. The van der Waals surface area contributed by atoms with E-state index in [0.29, 0.717) is 11.8 Å². The summed E-state index contributed by atoms with van der Waals surface area (Å²) in [7, 11) is 0. The van der Waals surface area contributed by atoms with Gasteiger partial charge in [-0.05, 0) is 53.2 Å². The highest BCUT2D eigenvalue weighted by Gasteiger charge is 2.42. The number of halogens is 1. The van der Waals surface area contributed by atoms with E-state index >= 15 is 0 Å². The van der Waals surface area contributed by atoms with E-state index in [1.807, 2.05) is 12.3 Å². The number of anilines is 1. The summed E-state index contributed by atoms with van der Waals surface area (Å²) in [6.07, 6.45) is 3.89. The first kappa shape index (κ1) is 11.5. The normalized spacial score (nSPS) is 31.9. The van der Waals surface area contributed by atoms with Gasteiger partial charge in [0.25, 0.3) is 0 Å². The molecule has 3 unspecified atom stereocenters. The lowest BCUT2D eigenvalue weighted by molar-refractivity contribution is 0.133. The summed E-state index contributed by atoms with van der Waals surface area (Å²) in [5, 5.41) is 9.93. The van der Waals surface area contributed by atoms with Gasteiger partial charge in [-0.3, -0.25) is 0 Å². The molecule has 1 aliphatic heterocycles. The second-order valence-electron chi connectivity index (χ2n) is 5.24. The molecular weight excluding hydrogens is 280 g/mol. The first-order valence-corrected chi connectivity index (χ1v) is 7.00. The third-order valence-corrected chi connectivity index (χ3v) is 5.16. The SMILES string of the molecule is Cc1ccnc(N2CC3CCC(O)C3C2)c1Br. The second-order valence-corrected chi connectivity index (χ2v) is 6.03. The number of aryl methyl sites for hydroxylation is 1. The van der Waals surface area contributed by atoms with Crippen LogP contribution in [0.25, 0.3) is 0 Å². The minimum atomic E-state index is -0.103. The number of aliphatic hydroxyl groups is 1. The molecule has 0 spiro atoms. The molecule has 1 aliphatic carbocycles. The third kappa shape index (κ3) is 1.87. The fourth-order valence-corrected chi connectivity index (χ4v) is 3.64. The number of aliphatic hydroxyl groups excluding tert-OH is 1. The fraction of sp³-hybridized carbons (Fsp3) is 0.615. The van der Waals surface area contributed by atoms with E-state index in [4.69, 9.17) is 0 Å². The summed E-state index contributed by atoms with van der Waals surface area (Å²) < 4.78 is 1.09. The monoisotopic (exact) mass is 296 g/mol. The van der Waals surface area contributed by atoms with Gasteiger partial charge in [-0.1, -0.05) is 0 Å². The van der Waals surface area contributed by atoms with Gasteiger partial charge in [0.2, 0.25) is 0 Å². The van der Waals surface area contributed by atoms with Gasteiger partial charge < -0.3 is 10.0 Å². The summed E-state index contributed by atoms with van der Waals surface area (Å²) in [6, 6.07) is 2.01. The first-order valence-electron chi connectivity index (χ1n) is 6.21. The van der Waals surface area contributed by atoms with E-state index in [1.165, 1.54) is 5.56 Å². The molecule has 0 aromatic carbocycles. The van der Waals surface area contributed by atoms with Crippen molar-refractivity contribution in [3.63, 3.8) is 0 Å². The molecule has 4 heteroatoms. The van der Waals surface area contributed by atoms with E-state index in [2.05, 4.69) is 32.7 Å². The van der Waals surface area contributed by atoms with E-state index in [9.17, 15) is 5.11 Å². The molecule has 2 heterocycles. The topological polar surface area (TPSA) is 36.4 Å². The standard InChI is InChI=1S/C13H17BrN2O/c1-8-4-5-15-13(12(8)14)16-6-9-2-3-11(17)10(9)7-16/h4-5,9-11,17H,2-3,6-7H2,1H3. The van der Waals surface area contributed by atoms with E-state index < -0.39 is 0 Å². The largest absolute Gasteiger partial charge is 0.393 e. The van der Waals surface area contributed by atoms with Gasteiger partial charge >= 0.3 is 0 Å². The van der Waals surface area contributed by atoms with Crippen LogP contribution >= 0.6 is 15.9 Å². The molecule has 3 atom stereocenters. The summed E-state index contributed by atoms with van der Waals surface area (Å²) >= 11 is 3.62. The molecule has 17 heavy (non-hydrogen) atoms. The summed E-state index contributed by atoms with van der Waals surface area (Å²) in [4.78, 5) is 6.79. The zero-order valence-electron chi connectivity index (χ0n) is 9.93. The number of pyridine rings is 1. The molecule has 0 radical (unpaired) electrons. The zero-order chi connectivity index (χ0) is 12.0. The van der Waals surface area contributed by atoms with Crippen molar-refractivity contribution >= 4 is 21.7 Å². The number of aromatic nitrogens is 1. The molecule has 1 saturated heterocycles. The minimum Gasteiger partial charge on any atom is -0.393 e. The zero-order valence-corrected chi connectivity index (χ0v) is 11.5. The lowest BCUT2D eigenvalue weighted by atomic mass is 10.00. The van der Waals surface area contributed by atoms with Gasteiger partial charge in [-0.15, -0.1) is 0 Å². The van der Waals surface area contributed by atoms with Gasteiger partial charge in [0.1, 0.15) is 5.82 Å². The number of hydrogen-bond acceptors (Lipinski definition) is 3. The van der Waals surface area contributed by atoms with Crippen molar-refractivity contribution in [1.82, 2.24) is 4.98 Å². The maximum absolute atomic E-state index is 9.93. The highest BCUT2D eigenvalue weighted by atomic mass is 79.9. The van der Waals surface area contributed by atoms with Crippen molar-refractivity contribution in [1.29, 1.82) is 0 Å². The number of rotatable bonds is 1. The van der Waals surface area contributed by atoms with Crippen molar-refractivity contribution in [3.05, 3.63) is 22.3 Å². The van der Waals surface area contributed by atoms with E-state index in [1.54, 1.807) is 0 Å². The van der Waals surface area contributed by atoms with Crippen LogP contribution in [0.4, 0.5) is 5.82 Å². The van der Waals surface area contributed by atoms with Crippen molar-refractivity contribution in [2.45, 2.75) is 25.9 Å². The van der Waals surface area contributed by atoms with Crippen LogP contribution in [0.15, 0.2) is 16.7 Å². The third-order valence-electron chi connectivity index (χ3n) is 4.18. The predicted octanol–water partition coefficient (Wildman–Crippen LogP) is 2.36. The molecule has 1 aromatic rings. The summed E-state index contributed by atoms with van der Waals surface area (Å²) in [5.74, 6) is 2.13. The molecule has 3 rings (SSSR count). The van der Waals surface area contributed by atoms with Gasteiger partial charge in [0.15, 0.2) is 0 Å². The fourth-order valence-electron chi connectivity index (χ4n) is 3.16. The maximum atomic E-state index is 9.93. The molecule has 0 amide bonds. The Labute approximate surface area is 110 Å². The minimum absolute atomic E-state index is 0.103. The lowest BCUT2D eigenvalue weighted by Crippen LogP contribution is -2.25. The van der Waals surface area contributed by atoms with Gasteiger partial charge in [0.05, 0.1) is 10.6 Å². The van der Waals surface area contributed by atoms with E-state index in [-0.39, 0.29) is 6.10 Å². The lowest BCUT2D eigenvalue weighted by Gasteiger charge is -2.21. The second kappa shape index (κ2) is 4.25. The average Bonchev–Trinajstić information content (AvgIpc) is 2.85. The van der Waals surface area contributed by atoms with Crippen LogP contribution in [0.5, 0.6) is 0 Å². The highest BCUT2D eigenvalue weighted by Crippen LogP contribution is 2.41. The van der Waals surface area contributed by atoms with Gasteiger partial charge in [-0.2, -0.15) is 0 Å². The number of fused-ring (bicyclic) bond motifs is 1. The molecule has 2 fully saturated rings. The van der Waals surface area contributed by atoms with Crippen molar-refractivity contribution in [2.75, 3.05) is 18.0 Å². The van der Waals surface area contributed by atoms with Crippen LogP contribution in [-0.4, -0.2) is 29.3 Å². The molecule has 1 saturated carbocycles. The molecule has 1 N–H and O–H groups in total. The molecule has 2 aliphatic rings. The van der Waals surface area contributed by atoms with Gasteiger partial charge in [-0.25, -0.2) is 4.98 Å². The first-order chi connectivity index (χ1) is 8.16. The Bertz CT molecular complexity index is 437. The smallest absolute Gasteiger partial charge is 0.143 e. The quantitative estimate of drug-likeness (QED) is 0.864. The number of nitrogens with zero attached hydrogens (tertiary/aromatic N) is 2. The molecule has 92 valence electrons. The van der Waals surface area contributed by atoms with Crippen LogP contribution in [0.3, 0.4) is 0 Å². The summed E-state index contributed by atoms with van der Waals surface area (Å²) in [6.45, 7) is 4.07. The van der Waals surface area contributed by atoms with Crippen molar-refractivity contribution in [3.8, 4) is 0 Å². The Hall–Kier alpha value is -0.610. The Kier molecular flexibility index (Phi) is 2.87. The van der Waals surface area contributed by atoms with Crippen LogP contribution in [-0.2, 0) is 0 Å². The highest BCUT2D eigenvalue weighted by molar-refractivity contribution is 9.10. The maximum Gasteiger partial charge on any atom is 0.143 e. The average molecular weight is 297 g/mol. The molecule has 1 aromatic heterocycles. The van der Waals surface area contributed by atoms with Crippen LogP contribution in [0.1, 0.15) is 18.4 Å². The van der Waals surface area contributed by atoms with Crippen LogP contribution in [0.2, 0.25) is 0 Å². The number of hydrogen-bond donors (Lipinski definition) is 1. The Morgan fingerprint density at radius 2 is 2.24 bits per heavy atom. The van der Waals surface area contributed by atoms with Crippen molar-refractivity contribution < 1.29 is 5.11 Å². The van der Waals surface area contributed by atoms with Crippen molar-refractivity contribution in [2.24, 2.45) is 11.8 Å². The summed E-state index contributed by atoms with van der Waals surface area (Å²) in [5.41, 5.74) is 1.22. The molecule has 3 nitrogen and oxygen atoms in total. The molecule has 0 bridgehead atoms. The Balaban J connectivity index is 1.85. The Morgan fingerprint density at radius 3 is 3.00 bits per heavy atom. The van der Waals surface area contributed by atoms with Crippen LogP contribution in [0, 0.1) is 18.8 Å². The van der Waals surface area contributed by atoms with Crippen LogP contribution < -0.4 is 4.90 Å². The predicted molar refractivity (Wildman–Crippen MR) is 71.1 cm³/mol. The van der Waals surface area contributed by atoms with E-state index in [0.717, 1.165) is 36.2 Å². The Morgan fingerprint density at radius 1 is 1.41 bits per heavy atom.